The van der Waals surface area contributed by atoms with Crippen molar-refractivity contribution in [3.05, 3.63) is 95.8 Å². The number of rotatable bonds is 5. The summed E-state index contributed by atoms with van der Waals surface area (Å²) in [7, 11) is 0. The van der Waals surface area contributed by atoms with Gasteiger partial charge in [-0.25, -0.2) is 9.97 Å². The number of hydrogen-bond donors (Lipinski definition) is 1. The molecule has 4 nitrogen and oxygen atoms in total. The summed E-state index contributed by atoms with van der Waals surface area (Å²) in [5, 5.41) is 4.42. The Kier molecular flexibility index (Phi) is 5.58. The predicted octanol–water partition coefficient (Wildman–Crippen LogP) is 5.72. The highest BCUT2D eigenvalue weighted by Gasteiger charge is 2.24. The third-order valence-electron chi connectivity index (χ3n) is 4.73. The Hall–Kier alpha value is -3.18. The summed E-state index contributed by atoms with van der Waals surface area (Å²) in [6.45, 7) is 4.02. The van der Waals surface area contributed by atoms with Gasteiger partial charge in [0, 0.05) is 11.1 Å². The molecule has 0 unspecified atom stereocenters. The molecular weight excluding hydrogens is 378 g/mol. The number of nitrogens with one attached hydrogen (secondary N) is 1. The van der Waals surface area contributed by atoms with Gasteiger partial charge in [-0.1, -0.05) is 72.4 Å². The molecule has 1 amide bonds. The first-order valence-electron chi connectivity index (χ1n) is 9.41. The van der Waals surface area contributed by atoms with Gasteiger partial charge in [0.1, 0.15) is 16.6 Å². The Labute approximate surface area is 174 Å². The topological polar surface area (TPSA) is 54.9 Å². The van der Waals surface area contributed by atoms with Gasteiger partial charge in [0.25, 0.3) is 0 Å². The Morgan fingerprint density at radius 3 is 2.52 bits per heavy atom. The number of carbonyl (C=O) groups is 1. The molecule has 1 aromatic heterocycles. The zero-order valence-electron chi connectivity index (χ0n) is 16.3. The van der Waals surface area contributed by atoms with Crippen molar-refractivity contribution in [1.82, 2.24) is 9.97 Å². The minimum absolute atomic E-state index is 0.0717. The van der Waals surface area contributed by atoms with Crippen LogP contribution < -0.4 is 5.32 Å². The van der Waals surface area contributed by atoms with E-state index >= 15 is 0 Å². The summed E-state index contributed by atoms with van der Waals surface area (Å²) < 4.78 is 0. The second-order valence-electron chi connectivity index (χ2n) is 6.91. The van der Waals surface area contributed by atoms with Crippen LogP contribution in [0.15, 0.2) is 84.1 Å². The van der Waals surface area contributed by atoms with Gasteiger partial charge in [-0.15, -0.1) is 0 Å². The summed E-state index contributed by atoms with van der Waals surface area (Å²) in [5.74, 6) is -0.0717. The molecule has 3 aromatic carbocycles. The lowest BCUT2D eigenvalue weighted by Crippen LogP contribution is -2.19. The maximum absolute atomic E-state index is 13.3. The van der Waals surface area contributed by atoms with E-state index in [1.54, 1.807) is 6.33 Å². The second-order valence-corrected chi connectivity index (χ2v) is 8.01. The molecule has 0 radical (unpaired) electrons. The van der Waals surface area contributed by atoms with Gasteiger partial charge >= 0.3 is 0 Å². The Morgan fingerprint density at radius 2 is 1.69 bits per heavy atom. The lowest BCUT2D eigenvalue weighted by molar-refractivity contribution is -0.115. The zero-order chi connectivity index (χ0) is 20.2. The van der Waals surface area contributed by atoms with Crippen molar-refractivity contribution in [3.8, 4) is 0 Å². The van der Waals surface area contributed by atoms with Gasteiger partial charge in [-0.05, 0) is 42.7 Å². The monoisotopic (exact) mass is 399 g/mol. The number of amides is 1. The Balaban J connectivity index is 1.70. The minimum Gasteiger partial charge on any atom is -0.325 e. The van der Waals surface area contributed by atoms with E-state index in [0.29, 0.717) is 0 Å². The SMILES string of the molecule is Cc1ccc(C)c(NC(=O)[C@@H](Sc2ncnc3ccccc23)c2ccccc2)c1. The molecule has 144 valence electrons. The van der Waals surface area contributed by atoms with E-state index in [0.717, 1.165) is 38.3 Å². The van der Waals surface area contributed by atoms with Crippen LogP contribution in [0.3, 0.4) is 0 Å². The van der Waals surface area contributed by atoms with Crippen molar-refractivity contribution in [2.45, 2.75) is 24.1 Å². The second kappa shape index (κ2) is 8.45. The van der Waals surface area contributed by atoms with Crippen molar-refractivity contribution in [3.63, 3.8) is 0 Å². The molecular formula is C24H21N3OS. The Morgan fingerprint density at radius 1 is 0.931 bits per heavy atom. The highest BCUT2D eigenvalue weighted by atomic mass is 32.2. The van der Waals surface area contributed by atoms with Crippen LogP contribution in [0.2, 0.25) is 0 Å². The maximum Gasteiger partial charge on any atom is 0.242 e. The molecule has 0 bridgehead atoms. The largest absolute Gasteiger partial charge is 0.325 e. The standard InChI is InChI=1S/C24H21N3OS/c1-16-12-13-17(2)21(14-16)27-23(28)22(18-8-4-3-5-9-18)29-24-19-10-6-7-11-20(19)25-15-26-24/h3-15,22H,1-2H3,(H,27,28)/t22-/m0/s1. The number of hydrogen-bond acceptors (Lipinski definition) is 4. The number of anilines is 1. The van der Waals surface area contributed by atoms with Gasteiger partial charge in [0.05, 0.1) is 5.52 Å². The zero-order valence-corrected chi connectivity index (χ0v) is 17.1. The number of aryl methyl sites for hydroxylation is 2. The summed E-state index contributed by atoms with van der Waals surface area (Å²) in [5.41, 5.74) is 4.78. The number of benzene rings is 3. The molecule has 4 aromatic rings. The van der Waals surface area contributed by atoms with Crippen molar-refractivity contribution in [2.24, 2.45) is 0 Å². The fourth-order valence-corrected chi connectivity index (χ4v) is 4.25. The van der Waals surface area contributed by atoms with Gasteiger partial charge in [0.15, 0.2) is 0 Å². The first kappa shape index (κ1) is 19.2. The molecule has 0 aliphatic carbocycles. The molecule has 0 saturated heterocycles. The number of carbonyl (C=O) groups excluding carboxylic acids is 1. The first-order chi connectivity index (χ1) is 14.1. The minimum atomic E-state index is -0.436. The van der Waals surface area contributed by atoms with Crippen LogP contribution in [0.25, 0.3) is 10.9 Å². The van der Waals surface area contributed by atoms with E-state index in [1.165, 1.54) is 11.8 Å². The smallest absolute Gasteiger partial charge is 0.242 e. The van der Waals surface area contributed by atoms with Crippen molar-refractivity contribution in [2.75, 3.05) is 5.32 Å². The maximum atomic E-state index is 13.3. The van der Waals surface area contributed by atoms with Crippen LogP contribution in [0.1, 0.15) is 21.9 Å². The van der Waals surface area contributed by atoms with Crippen LogP contribution in [0.4, 0.5) is 5.69 Å². The normalized spacial score (nSPS) is 11.9. The third kappa shape index (κ3) is 4.30. The fraction of sp³-hybridized carbons (Fsp3) is 0.125. The summed E-state index contributed by atoms with van der Waals surface area (Å²) in [4.78, 5) is 22.1. The molecule has 4 rings (SSSR count). The lowest BCUT2D eigenvalue weighted by Gasteiger charge is -2.18. The molecule has 0 aliphatic rings. The van der Waals surface area contributed by atoms with Crippen LogP contribution in [-0.4, -0.2) is 15.9 Å². The predicted molar refractivity (Wildman–Crippen MR) is 119 cm³/mol. The van der Waals surface area contributed by atoms with Gasteiger partial charge < -0.3 is 5.32 Å². The molecule has 1 N–H and O–H groups in total. The number of fused-ring (bicyclic) bond motifs is 1. The quantitative estimate of drug-likeness (QED) is 0.344. The third-order valence-corrected chi connectivity index (χ3v) is 6.00. The highest BCUT2D eigenvalue weighted by Crippen LogP contribution is 2.38. The number of thioether (sulfide) groups is 1. The molecule has 0 saturated carbocycles. The first-order valence-corrected chi connectivity index (χ1v) is 10.3. The number of nitrogens with zero attached hydrogens (tertiary/aromatic N) is 2. The number of para-hydroxylation sites is 1. The van der Waals surface area contributed by atoms with Gasteiger partial charge in [0.2, 0.25) is 5.91 Å². The molecule has 29 heavy (non-hydrogen) atoms. The van der Waals surface area contributed by atoms with Crippen LogP contribution in [0.5, 0.6) is 0 Å². The lowest BCUT2D eigenvalue weighted by atomic mass is 10.1. The molecule has 0 fully saturated rings. The average Bonchev–Trinajstić information content (AvgIpc) is 2.75. The fourth-order valence-electron chi connectivity index (χ4n) is 3.16. The summed E-state index contributed by atoms with van der Waals surface area (Å²) >= 11 is 1.45. The molecule has 0 spiro atoms. The van der Waals surface area contributed by atoms with Crippen molar-refractivity contribution in [1.29, 1.82) is 0 Å². The van der Waals surface area contributed by atoms with Crippen LogP contribution in [0, 0.1) is 13.8 Å². The van der Waals surface area contributed by atoms with Gasteiger partial charge in [-0.2, -0.15) is 0 Å². The summed E-state index contributed by atoms with van der Waals surface area (Å²) in [6.07, 6.45) is 1.55. The molecule has 0 aliphatic heterocycles. The van der Waals surface area contributed by atoms with E-state index in [9.17, 15) is 4.79 Å². The molecule has 1 atom stereocenters. The van der Waals surface area contributed by atoms with E-state index in [4.69, 9.17) is 0 Å². The van der Waals surface area contributed by atoms with Crippen LogP contribution in [-0.2, 0) is 4.79 Å². The van der Waals surface area contributed by atoms with Crippen LogP contribution >= 0.6 is 11.8 Å². The summed E-state index contributed by atoms with van der Waals surface area (Å²) in [6, 6.07) is 23.7. The molecule has 5 heteroatoms. The van der Waals surface area contributed by atoms with Crippen molar-refractivity contribution < 1.29 is 4.79 Å². The van der Waals surface area contributed by atoms with E-state index in [-0.39, 0.29) is 5.91 Å². The number of aromatic nitrogens is 2. The highest BCUT2D eigenvalue weighted by molar-refractivity contribution is 8.00. The van der Waals surface area contributed by atoms with E-state index < -0.39 is 5.25 Å². The van der Waals surface area contributed by atoms with E-state index in [1.807, 2.05) is 86.6 Å². The van der Waals surface area contributed by atoms with Crippen molar-refractivity contribution >= 4 is 34.3 Å². The van der Waals surface area contributed by atoms with E-state index in [2.05, 4.69) is 15.3 Å². The average molecular weight is 400 g/mol. The Bertz CT molecular complexity index is 1160. The molecule has 1 heterocycles. The van der Waals surface area contributed by atoms with Gasteiger partial charge in [-0.3, -0.25) is 4.79 Å².